The van der Waals surface area contributed by atoms with E-state index in [2.05, 4.69) is 5.32 Å². The average molecular weight is 427 g/mol. The second-order valence-corrected chi connectivity index (χ2v) is 9.04. The monoisotopic (exact) mass is 426 g/mol. The van der Waals surface area contributed by atoms with Crippen LogP contribution in [-0.2, 0) is 14.8 Å². The zero-order valence-electron chi connectivity index (χ0n) is 15.0. The number of β-amino-alcohol motifs (C(OH)–C–C–N with tert-alkyl or cyclic N) is 1. The number of hydrogen-bond acceptors (Lipinski definition) is 4. The quantitative estimate of drug-likeness (QED) is 0.769. The lowest BCUT2D eigenvalue weighted by atomic mass is 10.1. The molecule has 2 N–H and O–H groups in total. The van der Waals surface area contributed by atoms with Crippen molar-refractivity contribution in [1.29, 1.82) is 0 Å². The molecule has 1 amide bonds. The summed E-state index contributed by atoms with van der Waals surface area (Å²) in [6.07, 6.45) is -0.976. The van der Waals surface area contributed by atoms with E-state index in [1.54, 1.807) is 31.2 Å². The molecule has 0 saturated carbocycles. The number of carbonyl (C=O) groups is 1. The Balaban J connectivity index is 1.80. The molecule has 0 aromatic heterocycles. The first kappa shape index (κ1) is 20.7. The number of nitrogens with one attached hydrogen (secondary N) is 1. The van der Waals surface area contributed by atoms with Gasteiger partial charge in [0.1, 0.15) is 11.9 Å². The van der Waals surface area contributed by atoms with Gasteiger partial charge in [-0.15, -0.1) is 0 Å². The molecule has 1 fully saturated rings. The lowest BCUT2D eigenvalue weighted by molar-refractivity contribution is -0.124. The predicted molar refractivity (Wildman–Crippen MR) is 103 cm³/mol. The van der Waals surface area contributed by atoms with E-state index in [4.69, 9.17) is 11.6 Å². The molecule has 2 aromatic rings. The Hall–Kier alpha value is -2.00. The van der Waals surface area contributed by atoms with E-state index < -0.39 is 33.9 Å². The van der Waals surface area contributed by atoms with E-state index in [0.717, 1.165) is 34.1 Å². The highest BCUT2D eigenvalue weighted by Gasteiger charge is 2.43. The van der Waals surface area contributed by atoms with E-state index in [-0.39, 0.29) is 23.9 Å². The van der Waals surface area contributed by atoms with E-state index in [1.807, 2.05) is 0 Å². The van der Waals surface area contributed by atoms with Gasteiger partial charge in [0.2, 0.25) is 15.9 Å². The van der Waals surface area contributed by atoms with Crippen molar-refractivity contribution in [1.82, 2.24) is 9.62 Å². The Kier molecular flexibility index (Phi) is 6.04. The summed E-state index contributed by atoms with van der Waals surface area (Å²) in [5, 5.41) is 13.3. The fourth-order valence-electron chi connectivity index (χ4n) is 3.17. The van der Waals surface area contributed by atoms with E-state index in [1.165, 1.54) is 0 Å². The smallest absolute Gasteiger partial charge is 0.243 e. The zero-order chi connectivity index (χ0) is 20.5. The minimum absolute atomic E-state index is 0.0143. The number of rotatable bonds is 5. The normalized spacial score (nSPS) is 21.4. The number of sulfonamides is 1. The predicted octanol–water partition coefficient (Wildman–Crippen LogP) is 2.48. The van der Waals surface area contributed by atoms with Gasteiger partial charge in [0, 0.05) is 18.0 Å². The third kappa shape index (κ3) is 4.35. The Morgan fingerprint density at radius 1 is 1.21 bits per heavy atom. The molecule has 1 unspecified atom stereocenters. The number of nitrogens with zero attached hydrogens (tertiary/aromatic N) is 1. The van der Waals surface area contributed by atoms with Gasteiger partial charge in [-0.1, -0.05) is 23.7 Å². The summed E-state index contributed by atoms with van der Waals surface area (Å²) in [5.41, 5.74) is 0.809. The minimum Gasteiger partial charge on any atom is -0.392 e. The third-order valence-electron chi connectivity index (χ3n) is 4.69. The summed E-state index contributed by atoms with van der Waals surface area (Å²) >= 11 is 5.87. The molecular formula is C19H20ClFN2O4S. The van der Waals surface area contributed by atoms with Crippen molar-refractivity contribution in [2.45, 2.75) is 36.4 Å². The molecule has 9 heteroatoms. The third-order valence-corrected chi connectivity index (χ3v) is 6.83. The molecule has 0 bridgehead atoms. The van der Waals surface area contributed by atoms with E-state index in [9.17, 15) is 22.7 Å². The fourth-order valence-corrected chi connectivity index (χ4v) is 4.94. The van der Waals surface area contributed by atoms with Crippen LogP contribution >= 0.6 is 11.6 Å². The number of aliphatic hydroxyl groups is 1. The van der Waals surface area contributed by atoms with Crippen LogP contribution in [0.5, 0.6) is 0 Å². The van der Waals surface area contributed by atoms with Gasteiger partial charge in [-0.2, -0.15) is 4.31 Å². The molecule has 2 aromatic carbocycles. The largest absolute Gasteiger partial charge is 0.392 e. The number of benzene rings is 2. The van der Waals surface area contributed by atoms with E-state index in [0.29, 0.717) is 5.02 Å². The fraction of sp³-hybridized carbons (Fsp3) is 0.316. The first-order chi connectivity index (χ1) is 13.2. The Morgan fingerprint density at radius 3 is 2.43 bits per heavy atom. The van der Waals surface area contributed by atoms with Crippen LogP contribution in [0.1, 0.15) is 24.9 Å². The number of halogens is 2. The highest BCUT2D eigenvalue weighted by molar-refractivity contribution is 7.89. The summed E-state index contributed by atoms with van der Waals surface area (Å²) in [7, 11) is -4.06. The first-order valence-electron chi connectivity index (χ1n) is 8.70. The summed E-state index contributed by atoms with van der Waals surface area (Å²) < 4.78 is 39.9. The van der Waals surface area contributed by atoms with Gasteiger partial charge in [-0.3, -0.25) is 4.79 Å². The van der Waals surface area contributed by atoms with Gasteiger partial charge >= 0.3 is 0 Å². The van der Waals surface area contributed by atoms with Crippen molar-refractivity contribution >= 4 is 27.5 Å². The molecule has 28 heavy (non-hydrogen) atoms. The molecule has 6 nitrogen and oxygen atoms in total. The van der Waals surface area contributed by atoms with Gasteiger partial charge in [0.15, 0.2) is 0 Å². The summed E-state index contributed by atoms with van der Waals surface area (Å²) in [6, 6.07) is 9.86. The van der Waals surface area contributed by atoms with Crippen LogP contribution in [0.25, 0.3) is 0 Å². The highest BCUT2D eigenvalue weighted by Crippen LogP contribution is 2.27. The van der Waals surface area contributed by atoms with Gasteiger partial charge in [-0.25, -0.2) is 12.8 Å². The number of amides is 1. The van der Waals surface area contributed by atoms with Crippen LogP contribution in [-0.4, -0.2) is 42.4 Å². The number of aliphatic hydroxyl groups excluding tert-OH is 1. The molecule has 0 spiro atoms. The van der Waals surface area contributed by atoms with Gasteiger partial charge in [0.05, 0.1) is 17.0 Å². The molecule has 1 heterocycles. The lowest BCUT2D eigenvalue weighted by Gasteiger charge is -2.25. The van der Waals surface area contributed by atoms with Crippen molar-refractivity contribution < 1.29 is 22.7 Å². The van der Waals surface area contributed by atoms with Crippen LogP contribution in [0.4, 0.5) is 4.39 Å². The summed E-state index contributed by atoms with van der Waals surface area (Å²) in [4.78, 5) is 12.6. The standard InChI is InChI=1S/C19H20ClFN2O4S/c1-12(13-2-4-14(20)5-3-13)22-19(25)18-10-16(24)11-23(18)28(26,27)17-8-6-15(21)7-9-17/h2-9,12,16,18,24H,10-11H2,1H3,(H,22,25)/t12?,16-,18+/m1/s1. The summed E-state index contributed by atoms with van der Waals surface area (Å²) in [5.74, 6) is -1.07. The van der Waals surface area contributed by atoms with Crippen molar-refractivity contribution in [2.24, 2.45) is 0 Å². The second-order valence-electron chi connectivity index (χ2n) is 6.72. The van der Waals surface area contributed by atoms with Crippen LogP contribution < -0.4 is 5.32 Å². The van der Waals surface area contributed by atoms with Crippen LogP contribution in [0.15, 0.2) is 53.4 Å². The second kappa shape index (κ2) is 8.16. The van der Waals surface area contributed by atoms with Crippen LogP contribution in [0.2, 0.25) is 5.02 Å². The van der Waals surface area contributed by atoms with Gasteiger partial charge < -0.3 is 10.4 Å². The van der Waals surface area contributed by atoms with Crippen molar-refractivity contribution in [3.05, 3.63) is 64.9 Å². The van der Waals surface area contributed by atoms with E-state index >= 15 is 0 Å². The Labute approximate surface area is 168 Å². The minimum atomic E-state index is -4.06. The van der Waals surface area contributed by atoms with Crippen molar-refractivity contribution in [3.8, 4) is 0 Å². The topological polar surface area (TPSA) is 86.7 Å². The number of carbonyl (C=O) groups excluding carboxylic acids is 1. The highest BCUT2D eigenvalue weighted by atomic mass is 35.5. The van der Waals surface area contributed by atoms with Crippen molar-refractivity contribution in [3.63, 3.8) is 0 Å². The molecular weight excluding hydrogens is 407 g/mol. The molecule has 3 atom stereocenters. The van der Waals surface area contributed by atoms with Crippen LogP contribution in [0, 0.1) is 5.82 Å². The number of hydrogen-bond donors (Lipinski definition) is 2. The van der Waals surface area contributed by atoms with Gasteiger partial charge in [-0.05, 0) is 48.9 Å². The van der Waals surface area contributed by atoms with Crippen molar-refractivity contribution in [2.75, 3.05) is 6.54 Å². The maximum Gasteiger partial charge on any atom is 0.243 e. The summed E-state index contributed by atoms with van der Waals surface area (Å²) in [6.45, 7) is 1.57. The Morgan fingerprint density at radius 2 is 1.82 bits per heavy atom. The Bertz CT molecular complexity index is 951. The van der Waals surface area contributed by atoms with Gasteiger partial charge in [0.25, 0.3) is 0 Å². The maximum atomic E-state index is 13.1. The average Bonchev–Trinajstić information content (AvgIpc) is 3.05. The molecule has 0 aliphatic carbocycles. The molecule has 1 aliphatic rings. The molecule has 0 radical (unpaired) electrons. The molecule has 1 saturated heterocycles. The maximum absolute atomic E-state index is 13.1. The SMILES string of the molecule is CC(NC(=O)[C@@H]1C[C@@H](O)CN1S(=O)(=O)c1ccc(F)cc1)c1ccc(Cl)cc1. The molecule has 1 aliphatic heterocycles. The zero-order valence-corrected chi connectivity index (χ0v) is 16.6. The molecule has 150 valence electrons. The lowest BCUT2D eigenvalue weighted by Crippen LogP contribution is -2.46. The van der Waals surface area contributed by atoms with Crippen LogP contribution in [0.3, 0.4) is 0 Å². The first-order valence-corrected chi connectivity index (χ1v) is 10.5. The molecule has 3 rings (SSSR count).